The van der Waals surface area contributed by atoms with Crippen LogP contribution >= 0.6 is 11.8 Å². The van der Waals surface area contributed by atoms with E-state index in [-0.39, 0.29) is 35.9 Å². The van der Waals surface area contributed by atoms with E-state index >= 15 is 0 Å². The van der Waals surface area contributed by atoms with Crippen LogP contribution in [0.15, 0.2) is 53.7 Å². The molecule has 2 aromatic carbocycles. The van der Waals surface area contributed by atoms with E-state index in [9.17, 15) is 13.6 Å². The van der Waals surface area contributed by atoms with Gasteiger partial charge in [-0.1, -0.05) is 42.1 Å². The maximum atomic E-state index is 14.2. The van der Waals surface area contributed by atoms with Crippen LogP contribution in [-0.4, -0.2) is 38.4 Å². The molecule has 29 heavy (non-hydrogen) atoms. The van der Waals surface area contributed by atoms with Crippen LogP contribution in [0, 0.1) is 11.6 Å². The third-order valence-corrected chi connectivity index (χ3v) is 5.74. The van der Waals surface area contributed by atoms with Crippen LogP contribution in [0.4, 0.5) is 8.78 Å². The maximum absolute atomic E-state index is 14.2. The molecule has 0 atom stereocenters. The summed E-state index contributed by atoms with van der Waals surface area (Å²) >= 11 is 1.27. The number of halogens is 2. The van der Waals surface area contributed by atoms with E-state index in [1.807, 2.05) is 4.57 Å². The van der Waals surface area contributed by atoms with Gasteiger partial charge in [-0.25, -0.2) is 8.78 Å². The zero-order valence-electron chi connectivity index (χ0n) is 15.9. The number of benzene rings is 2. The van der Waals surface area contributed by atoms with Gasteiger partial charge in [0, 0.05) is 25.2 Å². The highest BCUT2D eigenvalue weighted by molar-refractivity contribution is 7.99. The molecule has 150 valence electrons. The molecule has 0 aliphatic heterocycles. The number of nitrogens with zero attached hydrogens (tertiary/aromatic N) is 4. The summed E-state index contributed by atoms with van der Waals surface area (Å²) in [7, 11) is 1.64. The first-order valence-electron chi connectivity index (χ1n) is 9.34. The molecule has 1 aromatic heterocycles. The molecule has 3 aromatic rings. The third kappa shape index (κ3) is 4.32. The van der Waals surface area contributed by atoms with Crippen molar-refractivity contribution >= 4 is 17.7 Å². The lowest BCUT2D eigenvalue weighted by Gasteiger charge is -2.17. The molecule has 1 heterocycles. The molecule has 0 spiro atoms. The summed E-state index contributed by atoms with van der Waals surface area (Å²) in [6, 6.07) is 13.1. The van der Waals surface area contributed by atoms with E-state index < -0.39 is 0 Å². The maximum Gasteiger partial charge on any atom is 0.233 e. The number of carbonyl (C=O) groups is 1. The molecule has 1 fully saturated rings. The van der Waals surface area contributed by atoms with Crippen LogP contribution in [0.2, 0.25) is 0 Å². The minimum atomic E-state index is -0.348. The molecule has 0 unspecified atom stereocenters. The summed E-state index contributed by atoms with van der Waals surface area (Å²) in [5.41, 5.74) is 0.873. The third-order valence-electron chi connectivity index (χ3n) is 4.81. The second-order valence-electron chi connectivity index (χ2n) is 7.02. The van der Waals surface area contributed by atoms with E-state index in [4.69, 9.17) is 0 Å². The van der Waals surface area contributed by atoms with Gasteiger partial charge >= 0.3 is 0 Å². The van der Waals surface area contributed by atoms with Crippen LogP contribution in [0.3, 0.4) is 0 Å². The first-order valence-corrected chi connectivity index (χ1v) is 10.3. The molecule has 1 aliphatic carbocycles. The van der Waals surface area contributed by atoms with Crippen molar-refractivity contribution in [2.24, 2.45) is 0 Å². The Balaban J connectivity index is 1.47. The number of amides is 1. The second kappa shape index (κ2) is 8.32. The first-order chi connectivity index (χ1) is 14.0. The van der Waals surface area contributed by atoms with Gasteiger partial charge in [0.05, 0.1) is 11.3 Å². The van der Waals surface area contributed by atoms with Crippen molar-refractivity contribution < 1.29 is 13.6 Å². The molecule has 4 rings (SSSR count). The van der Waals surface area contributed by atoms with Crippen molar-refractivity contribution in [2.75, 3.05) is 12.8 Å². The van der Waals surface area contributed by atoms with E-state index in [0.717, 1.165) is 12.8 Å². The highest BCUT2D eigenvalue weighted by Crippen LogP contribution is 2.41. The summed E-state index contributed by atoms with van der Waals surface area (Å²) < 4.78 is 30.0. The number of aromatic nitrogens is 3. The number of carbonyl (C=O) groups excluding carboxylic acids is 1. The Hall–Kier alpha value is -2.74. The quantitative estimate of drug-likeness (QED) is 0.541. The molecule has 1 amide bonds. The van der Waals surface area contributed by atoms with Crippen LogP contribution in [-0.2, 0) is 11.3 Å². The van der Waals surface area contributed by atoms with E-state index in [2.05, 4.69) is 10.2 Å². The zero-order chi connectivity index (χ0) is 20.4. The van der Waals surface area contributed by atoms with E-state index in [0.29, 0.717) is 22.1 Å². The Kier molecular flexibility index (Phi) is 5.62. The van der Waals surface area contributed by atoms with Crippen LogP contribution in [0.1, 0.15) is 24.4 Å². The molecule has 5 nitrogen and oxygen atoms in total. The minimum absolute atomic E-state index is 0.143. The Morgan fingerprint density at radius 2 is 1.79 bits per heavy atom. The smallest absolute Gasteiger partial charge is 0.233 e. The van der Waals surface area contributed by atoms with Gasteiger partial charge in [0.1, 0.15) is 11.6 Å². The van der Waals surface area contributed by atoms with Crippen LogP contribution < -0.4 is 0 Å². The largest absolute Gasteiger partial charge is 0.341 e. The Labute approximate surface area is 171 Å². The normalized spacial score (nSPS) is 13.5. The van der Waals surface area contributed by atoms with Crippen molar-refractivity contribution in [3.8, 4) is 11.4 Å². The lowest BCUT2D eigenvalue weighted by atomic mass is 10.2. The number of hydrogen-bond acceptors (Lipinski definition) is 4. The lowest BCUT2D eigenvalue weighted by molar-refractivity contribution is -0.127. The van der Waals surface area contributed by atoms with Crippen molar-refractivity contribution in [1.29, 1.82) is 0 Å². The SMILES string of the molecule is CN(Cc1ccccc1F)C(=O)CSc1nnc(-c2ccccc2F)n1C1CC1. The fourth-order valence-electron chi connectivity index (χ4n) is 3.07. The van der Waals surface area contributed by atoms with Crippen molar-refractivity contribution in [2.45, 2.75) is 30.6 Å². The van der Waals surface area contributed by atoms with Gasteiger partial charge in [-0.3, -0.25) is 9.36 Å². The fourth-order valence-corrected chi connectivity index (χ4v) is 4.02. The van der Waals surface area contributed by atoms with Gasteiger partial charge in [-0.05, 0) is 31.0 Å². The first kappa shape index (κ1) is 19.6. The summed E-state index contributed by atoms with van der Waals surface area (Å²) in [5, 5.41) is 8.99. The van der Waals surface area contributed by atoms with Crippen LogP contribution in [0.25, 0.3) is 11.4 Å². The van der Waals surface area contributed by atoms with Gasteiger partial charge in [0.2, 0.25) is 5.91 Å². The fraction of sp³-hybridized carbons (Fsp3) is 0.286. The van der Waals surface area contributed by atoms with E-state index in [1.165, 1.54) is 28.8 Å². The molecule has 0 radical (unpaired) electrons. The average molecular weight is 414 g/mol. The molecule has 0 bridgehead atoms. The van der Waals surface area contributed by atoms with Crippen LogP contribution in [0.5, 0.6) is 0 Å². The second-order valence-corrected chi connectivity index (χ2v) is 7.96. The van der Waals surface area contributed by atoms with Gasteiger partial charge < -0.3 is 4.90 Å². The average Bonchev–Trinajstić information content (AvgIpc) is 3.47. The highest BCUT2D eigenvalue weighted by Gasteiger charge is 2.31. The molecule has 8 heteroatoms. The molecule has 0 N–H and O–H groups in total. The minimum Gasteiger partial charge on any atom is -0.341 e. The van der Waals surface area contributed by atoms with Crippen molar-refractivity contribution in [3.05, 3.63) is 65.7 Å². The summed E-state index contributed by atoms with van der Waals surface area (Å²) in [6.45, 7) is 0.196. The van der Waals surface area contributed by atoms with Crippen molar-refractivity contribution in [3.63, 3.8) is 0 Å². The van der Waals surface area contributed by atoms with E-state index in [1.54, 1.807) is 43.4 Å². The standard InChI is InChI=1S/C21H20F2N4OS/c1-26(12-14-6-2-4-8-17(14)22)19(28)13-29-21-25-24-20(27(21)15-10-11-15)16-7-3-5-9-18(16)23/h2-9,15H,10-13H2,1H3. The topological polar surface area (TPSA) is 51.0 Å². The summed E-state index contributed by atoms with van der Waals surface area (Å²) in [6.07, 6.45) is 1.96. The van der Waals surface area contributed by atoms with Gasteiger partial charge in [0.15, 0.2) is 11.0 Å². The Morgan fingerprint density at radius 3 is 2.48 bits per heavy atom. The van der Waals surface area contributed by atoms with Gasteiger partial charge in [0.25, 0.3) is 0 Å². The lowest BCUT2D eigenvalue weighted by Crippen LogP contribution is -2.28. The molecular weight excluding hydrogens is 394 g/mol. The highest BCUT2D eigenvalue weighted by atomic mass is 32.2. The molecule has 1 aliphatic rings. The predicted molar refractivity (Wildman–Crippen MR) is 107 cm³/mol. The van der Waals surface area contributed by atoms with Gasteiger partial charge in [-0.2, -0.15) is 0 Å². The number of thioether (sulfide) groups is 1. The Bertz CT molecular complexity index is 1040. The molecule has 0 saturated heterocycles. The number of hydrogen-bond donors (Lipinski definition) is 0. The predicted octanol–water partition coefficient (Wildman–Crippen LogP) is 4.31. The monoisotopic (exact) mass is 414 g/mol. The van der Waals surface area contributed by atoms with Crippen molar-refractivity contribution in [1.82, 2.24) is 19.7 Å². The van der Waals surface area contributed by atoms with Gasteiger partial charge in [-0.15, -0.1) is 10.2 Å². The molecule has 1 saturated carbocycles. The molecular formula is C21H20F2N4OS. The summed E-state index contributed by atoms with van der Waals surface area (Å²) in [4.78, 5) is 14.0. The zero-order valence-corrected chi connectivity index (χ0v) is 16.7. The number of rotatable bonds is 7. The summed E-state index contributed by atoms with van der Waals surface area (Å²) in [5.74, 6) is -0.189. The Morgan fingerprint density at radius 1 is 1.10 bits per heavy atom.